The summed E-state index contributed by atoms with van der Waals surface area (Å²) in [6.07, 6.45) is 0. The highest BCUT2D eigenvalue weighted by Crippen LogP contribution is 2.18. The first-order valence-electron chi connectivity index (χ1n) is 4.94. The fourth-order valence-electron chi connectivity index (χ4n) is 1.24. The van der Waals surface area contributed by atoms with Gasteiger partial charge in [-0.2, -0.15) is 0 Å². The maximum absolute atomic E-state index is 9.06. The van der Waals surface area contributed by atoms with Gasteiger partial charge < -0.3 is 5.21 Å². The fraction of sp³-hybridized carbons (Fsp3) is 0.250. The van der Waals surface area contributed by atoms with E-state index in [1.54, 1.807) is 0 Å². The lowest BCUT2D eigenvalue weighted by molar-refractivity contribution is 0.319. The van der Waals surface area contributed by atoms with Crippen molar-refractivity contribution in [3.63, 3.8) is 0 Å². The second-order valence-electron chi connectivity index (χ2n) is 4.54. The summed E-state index contributed by atoms with van der Waals surface area (Å²) in [4.78, 5) is 0. The molecule has 0 radical (unpaired) electrons. The molecule has 2 nitrogen and oxygen atoms in total. The molecule has 0 atom stereocenters. The average molecular weight is 219 g/mol. The van der Waals surface area contributed by atoms with Crippen LogP contribution in [0.25, 0.3) is 0 Å². The van der Waals surface area contributed by atoms with E-state index in [2.05, 4.69) is 31.4 Å². The smallest absolute Gasteiger partial charge is 0.108 e. The molecule has 1 N–H and O–H groups in total. The lowest BCUT2D eigenvalue weighted by Crippen LogP contribution is -2.29. The molecule has 0 amide bonds. The average Bonchev–Trinajstić information content (AvgIpc) is 2.19. The summed E-state index contributed by atoms with van der Waals surface area (Å²) >= 11 is 0. The normalized spacial score (nSPS) is 12.6. The summed E-state index contributed by atoms with van der Waals surface area (Å²) in [5.74, 6) is 0. The first-order valence-corrected chi connectivity index (χ1v) is 8.44. The Morgan fingerprint density at radius 3 is 2.13 bits per heavy atom. The van der Waals surface area contributed by atoms with Gasteiger partial charge in [-0.15, -0.1) is 0 Å². The molecule has 1 rings (SSSR count). The second kappa shape index (κ2) is 4.44. The Balaban J connectivity index is 3.08. The number of nitrogens with zero attached hydrogens (tertiary/aromatic N) is 1. The quantitative estimate of drug-likeness (QED) is 0.360. The molecule has 1 aromatic carbocycles. The standard InChI is InChI=1S/C12H17NOSi/c1-10(15(2,3)4)12(13-14)11-8-6-5-7-9-11/h5-9,14H,1H2,2-4H3. The number of benzene rings is 1. The van der Waals surface area contributed by atoms with E-state index in [0.717, 1.165) is 10.8 Å². The molecular weight excluding hydrogens is 202 g/mol. The number of oxime groups is 1. The van der Waals surface area contributed by atoms with E-state index in [9.17, 15) is 0 Å². The molecule has 0 aliphatic rings. The molecule has 1 aromatic rings. The van der Waals surface area contributed by atoms with Gasteiger partial charge in [0, 0.05) is 5.56 Å². The first-order chi connectivity index (χ1) is 6.96. The third-order valence-electron chi connectivity index (χ3n) is 2.34. The molecule has 0 saturated heterocycles. The first kappa shape index (κ1) is 11.7. The molecule has 0 aliphatic carbocycles. The Kier molecular flexibility index (Phi) is 3.47. The number of hydrogen-bond acceptors (Lipinski definition) is 2. The number of hydrogen-bond donors (Lipinski definition) is 1. The van der Waals surface area contributed by atoms with Crippen LogP contribution in [0.2, 0.25) is 19.6 Å². The van der Waals surface area contributed by atoms with Crippen LogP contribution in [0.4, 0.5) is 0 Å². The zero-order valence-corrected chi connectivity index (χ0v) is 10.5. The summed E-state index contributed by atoms with van der Waals surface area (Å²) in [6, 6.07) is 9.66. The van der Waals surface area contributed by atoms with E-state index in [4.69, 9.17) is 5.21 Å². The van der Waals surface area contributed by atoms with Gasteiger partial charge in [-0.3, -0.25) is 0 Å². The van der Waals surface area contributed by atoms with E-state index < -0.39 is 8.07 Å². The Morgan fingerprint density at radius 2 is 1.73 bits per heavy atom. The highest BCUT2D eigenvalue weighted by atomic mass is 28.3. The van der Waals surface area contributed by atoms with Crippen molar-refractivity contribution in [2.45, 2.75) is 19.6 Å². The van der Waals surface area contributed by atoms with E-state index in [1.807, 2.05) is 30.3 Å². The van der Waals surface area contributed by atoms with Gasteiger partial charge in [-0.1, -0.05) is 61.7 Å². The monoisotopic (exact) mass is 219 g/mol. The van der Waals surface area contributed by atoms with Gasteiger partial charge in [0.2, 0.25) is 0 Å². The third kappa shape index (κ3) is 2.80. The van der Waals surface area contributed by atoms with E-state index in [1.165, 1.54) is 0 Å². The zero-order valence-electron chi connectivity index (χ0n) is 9.49. The van der Waals surface area contributed by atoms with Crippen LogP contribution in [0.15, 0.2) is 47.3 Å². The van der Waals surface area contributed by atoms with Gasteiger partial charge >= 0.3 is 0 Å². The van der Waals surface area contributed by atoms with Crippen molar-refractivity contribution in [2.24, 2.45) is 5.16 Å². The molecule has 0 heterocycles. The lowest BCUT2D eigenvalue weighted by Gasteiger charge is -2.20. The van der Waals surface area contributed by atoms with Crippen molar-refractivity contribution >= 4 is 13.8 Å². The van der Waals surface area contributed by atoms with Crippen LogP contribution in [0.5, 0.6) is 0 Å². The van der Waals surface area contributed by atoms with E-state index in [-0.39, 0.29) is 0 Å². The van der Waals surface area contributed by atoms with Crippen LogP contribution in [0.1, 0.15) is 5.56 Å². The summed E-state index contributed by atoms with van der Waals surface area (Å²) < 4.78 is 0. The zero-order chi connectivity index (χ0) is 11.5. The Hall–Kier alpha value is -1.35. The maximum atomic E-state index is 9.06. The maximum Gasteiger partial charge on any atom is 0.108 e. The fourth-order valence-corrected chi connectivity index (χ4v) is 2.15. The minimum Gasteiger partial charge on any atom is -0.410 e. The molecule has 0 bridgehead atoms. The lowest BCUT2D eigenvalue weighted by atomic mass is 10.1. The van der Waals surface area contributed by atoms with Gasteiger partial charge in [-0.05, 0) is 5.20 Å². The van der Waals surface area contributed by atoms with Crippen molar-refractivity contribution in [1.82, 2.24) is 0 Å². The second-order valence-corrected chi connectivity index (χ2v) is 9.65. The minimum atomic E-state index is -1.51. The predicted molar refractivity (Wildman–Crippen MR) is 67.3 cm³/mol. The summed E-state index contributed by atoms with van der Waals surface area (Å²) in [6.45, 7) is 10.6. The van der Waals surface area contributed by atoms with E-state index in [0.29, 0.717) is 5.71 Å². The van der Waals surface area contributed by atoms with Crippen LogP contribution in [0, 0.1) is 0 Å². The van der Waals surface area contributed by atoms with Crippen molar-refractivity contribution in [2.75, 3.05) is 0 Å². The largest absolute Gasteiger partial charge is 0.410 e. The van der Waals surface area contributed by atoms with Crippen LogP contribution >= 0.6 is 0 Å². The summed E-state index contributed by atoms with van der Waals surface area (Å²) in [5.41, 5.74) is 1.54. The van der Waals surface area contributed by atoms with E-state index >= 15 is 0 Å². The van der Waals surface area contributed by atoms with Crippen molar-refractivity contribution in [1.29, 1.82) is 0 Å². The van der Waals surface area contributed by atoms with Crippen molar-refractivity contribution < 1.29 is 5.21 Å². The SMILES string of the molecule is C=C(C(=NO)c1ccccc1)[Si](C)(C)C. The highest BCUT2D eigenvalue weighted by Gasteiger charge is 2.23. The predicted octanol–water partition coefficient (Wildman–Crippen LogP) is 3.30. The van der Waals surface area contributed by atoms with Gasteiger partial charge in [0.05, 0.1) is 8.07 Å². The highest BCUT2D eigenvalue weighted by molar-refractivity contribution is 6.87. The van der Waals surface area contributed by atoms with Crippen LogP contribution in [-0.4, -0.2) is 19.0 Å². The number of allylic oxidation sites excluding steroid dienone is 1. The molecule has 0 saturated carbocycles. The van der Waals surface area contributed by atoms with Crippen molar-refractivity contribution in [3.8, 4) is 0 Å². The molecule has 0 spiro atoms. The minimum absolute atomic E-state index is 0.620. The summed E-state index contributed by atoms with van der Waals surface area (Å²) in [7, 11) is -1.51. The molecule has 15 heavy (non-hydrogen) atoms. The summed E-state index contributed by atoms with van der Waals surface area (Å²) in [5, 5.41) is 13.4. The number of rotatable bonds is 3. The molecule has 0 fully saturated rings. The van der Waals surface area contributed by atoms with Gasteiger partial charge in [0.25, 0.3) is 0 Å². The topological polar surface area (TPSA) is 32.6 Å². The Morgan fingerprint density at radius 1 is 1.20 bits per heavy atom. The van der Waals surface area contributed by atoms with Crippen LogP contribution < -0.4 is 0 Å². The van der Waals surface area contributed by atoms with Gasteiger partial charge in [0.15, 0.2) is 0 Å². The van der Waals surface area contributed by atoms with Gasteiger partial charge in [0.1, 0.15) is 5.71 Å². The Labute approximate surface area is 92.0 Å². The molecule has 0 unspecified atom stereocenters. The molecule has 0 aromatic heterocycles. The van der Waals surface area contributed by atoms with Gasteiger partial charge in [-0.25, -0.2) is 0 Å². The molecule has 0 aliphatic heterocycles. The Bertz CT molecular complexity index is 376. The van der Waals surface area contributed by atoms with Crippen molar-refractivity contribution in [3.05, 3.63) is 47.7 Å². The molecule has 3 heteroatoms. The third-order valence-corrected chi connectivity index (χ3v) is 4.39. The molecular formula is C12H17NOSi. The molecule has 80 valence electrons. The van der Waals surface area contributed by atoms with Crippen LogP contribution in [-0.2, 0) is 0 Å². The van der Waals surface area contributed by atoms with Crippen LogP contribution in [0.3, 0.4) is 0 Å².